The number of esters is 1. The van der Waals surface area contributed by atoms with Crippen LogP contribution >= 0.6 is 23.2 Å². The molecule has 0 radical (unpaired) electrons. The monoisotopic (exact) mass is 419 g/mol. The minimum absolute atomic E-state index is 0.0422. The molecule has 0 spiro atoms. The predicted molar refractivity (Wildman–Crippen MR) is 98.6 cm³/mol. The van der Waals surface area contributed by atoms with Crippen LogP contribution in [0.1, 0.15) is 13.8 Å². The fourth-order valence-corrected chi connectivity index (χ4v) is 4.31. The molecule has 0 aromatic heterocycles. The number of para-hydroxylation sites is 1. The zero-order valence-corrected chi connectivity index (χ0v) is 16.3. The number of anilines is 1. The van der Waals surface area contributed by atoms with Crippen LogP contribution in [0.5, 0.6) is 0 Å². The first kappa shape index (κ1) is 20.5. The summed E-state index contributed by atoms with van der Waals surface area (Å²) in [4.78, 5) is 11.9. The Labute approximate surface area is 161 Å². The predicted octanol–water partition coefficient (Wildman–Crippen LogP) is 4.28. The zero-order chi connectivity index (χ0) is 19.5. The van der Waals surface area contributed by atoms with E-state index in [0.717, 1.165) is 28.6 Å². The maximum Gasteiger partial charge on any atom is 0.327 e. The minimum Gasteiger partial charge on any atom is -0.462 e. The Kier molecular flexibility index (Phi) is 6.49. The Hall–Kier alpha value is -1.83. The van der Waals surface area contributed by atoms with Crippen molar-refractivity contribution in [3.05, 3.63) is 58.3 Å². The molecule has 0 unspecified atom stereocenters. The van der Waals surface area contributed by atoms with Crippen LogP contribution < -0.4 is 4.31 Å². The summed E-state index contributed by atoms with van der Waals surface area (Å²) in [5, 5.41) is 0.0843. The molecule has 0 atom stereocenters. The first-order valence-electron chi connectivity index (χ1n) is 7.54. The Balaban J connectivity index is 2.56. The maximum atomic E-state index is 13.2. The largest absolute Gasteiger partial charge is 0.462 e. The third kappa shape index (κ3) is 4.66. The van der Waals surface area contributed by atoms with E-state index >= 15 is 0 Å². The van der Waals surface area contributed by atoms with Gasteiger partial charge in [0.25, 0.3) is 10.0 Å². The molecule has 0 N–H and O–H groups in total. The summed E-state index contributed by atoms with van der Waals surface area (Å²) in [6, 6.07) is 8.64. The first-order valence-corrected chi connectivity index (χ1v) is 9.74. The summed E-state index contributed by atoms with van der Waals surface area (Å²) in [6.07, 6.45) is -0.431. The van der Waals surface area contributed by atoms with E-state index in [9.17, 15) is 17.6 Å². The third-order valence-electron chi connectivity index (χ3n) is 3.23. The number of carbonyl (C=O) groups excluding carboxylic acids is 1. The molecule has 2 aromatic rings. The number of carbonyl (C=O) groups is 1. The van der Waals surface area contributed by atoms with Crippen LogP contribution in [-0.2, 0) is 19.6 Å². The van der Waals surface area contributed by atoms with Crippen LogP contribution in [0.15, 0.2) is 47.4 Å². The van der Waals surface area contributed by atoms with Gasteiger partial charge in [-0.1, -0.05) is 29.3 Å². The van der Waals surface area contributed by atoms with Gasteiger partial charge in [-0.15, -0.1) is 0 Å². The quantitative estimate of drug-likeness (QED) is 0.655. The summed E-state index contributed by atoms with van der Waals surface area (Å²) in [7, 11) is -4.25. The van der Waals surface area contributed by atoms with Crippen LogP contribution in [0.3, 0.4) is 0 Å². The van der Waals surface area contributed by atoms with Crippen LogP contribution in [0, 0.1) is 5.82 Å². The normalized spacial score (nSPS) is 11.5. The highest BCUT2D eigenvalue weighted by molar-refractivity contribution is 7.92. The summed E-state index contributed by atoms with van der Waals surface area (Å²) in [5.74, 6) is -1.37. The van der Waals surface area contributed by atoms with E-state index < -0.39 is 34.5 Å². The van der Waals surface area contributed by atoms with E-state index in [1.54, 1.807) is 19.9 Å². The number of rotatable bonds is 6. The van der Waals surface area contributed by atoms with Gasteiger partial charge in [0.2, 0.25) is 0 Å². The zero-order valence-electron chi connectivity index (χ0n) is 13.9. The maximum absolute atomic E-state index is 13.2. The van der Waals surface area contributed by atoms with Crippen LogP contribution in [0.4, 0.5) is 10.1 Å². The number of hydrogen-bond donors (Lipinski definition) is 0. The van der Waals surface area contributed by atoms with E-state index in [-0.39, 0.29) is 20.6 Å². The lowest BCUT2D eigenvalue weighted by Gasteiger charge is -2.25. The lowest BCUT2D eigenvalue weighted by atomic mass is 10.3. The molecule has 0 fully saturated rings. The summed E-state index contributed by atoms with van der Waals surface area (Å²) >= 11 is 12.3. The fourth-order valence-electron chi connectivity index (χ4n) is 2.16. The molecule has 26 heavy (non-hydrogen) atoms. The molecule has 0 saturated heterocycles. The molecular formula is C17H16Cl2FNO4S. The van der Waals surface area contributed by atoms with Gasteiger partial charge >= 0.3 is 5.97 Å². The molecular weight excluding hydrogens is 404 g/mol. The highest BCUT2D eigenvalue weighted by Gasteiger charge is 2.31. The van der Waals surface area contributed by atoms with Gasteiger partial charge in [-0.3, -0.25) is 9.10 Å². The molecule has 2 aromatic carbocycles. The highest BCUT2D eigenvalue weighted by Crippen LogP contribution is 2.36. The molecule has 0 bridgehead atoms. The van der Waals surface area contributed by atoms with Crippen LogP contribution in [0.2, 0.25) is 10.0 Å². The van der Waals surface area contributed by atoms with E-state index in [4.69, 9.17) is 27.9 Å². The van der Waals surface area contributed by atoms with E-state index in [2.05, 4.69) is 0 Å². The standard InChI is InChI=1S/C17H16Cl2FNO4S/c1-11(2)25-16(22)10-21(17-14(18)4-3-5-15(17)19)26(23,24)13-8-6-12(20)7-9-13/h3-9,11H,10H2,1-2H3. The average Bonchev–Trinajstić information content (AvgIpc) is 2.53. The van der Waals surface area contributed by atoms with Crippen LogP contribution in [0.25, 0.3) is 0 Å². The van der Waals surface area contributed by atoms with E-state index in [0.29, 0.717) is 0 Å². The molecule has 140 valence electrons. The molecule has 0 saturated carbocycles. The van der Waals surface area contributed by atoms with Crippen molar-refractivity contribution in [3.8, 4) is 0 Å². The lowest BCUT2D eigenvalue weighted by Crippen LogP contribution is -2.37. The van der Waals surface area contributed by atoms with Crippen molar-refractivity contribution in [1.82, 2.24) is 0 Å². The van der Waals surface area contributed by atoms with Gasteiger partial charge in [0.15, 0.2) is 0 Å². The first-order chi connectivity index (χ1) is 12.1. The van der Waals surface area contributed by atoms with Crippen LogP contribution in [-0.4, -0.2) is 27.0 Å². The van der Waals surface area contributed by atoms with Gasteiger partial charge in [-0.05, 0) is 50.2 Å². The minimum atomic E-state index is -4.25. The fraction of sp³-hybridized carbons (Fsp3) is 0.235. The molecule has 0 aliphatic rings. The van der Waals surface area contributed by atoms with Gasteiger partial charge in [0.1, 0.15) is 12.4 Å². The molecule has 0 aliphatic carbocycles. The summed E-state index contributed by atoms with van der Waals surface area (Å²) < 4.78 is 45.1. The second kappa shape index (κ2) is 8.24. The summed E-state index contributed by atoms with van der Waals surface area (Å²) in [6.45, 7) is 2.64. The molecule has 9 heteroatoms. The number of hydrogen-bond acceptors (Lipinski definition) is 4. The molecule has 0 aliphatic heterocycles. The number of ether oxygens (including phenoxy) is 1. The van der Waals surface area contributed by atoms with Crippen molar-refractivity contribution in [2.24, 2.45) is 0 Å². The van der Waals surface area contributed by atoms with Crippen molar-refractivity contribution in [3.63, 3.8) is 0 Å². The van der Waals surface area contributed by atoms with Crippen molar-refractivity contribution in [1.29, 1.82) is 0 Å². The molecule has 2 rings (SSSR count). The Morgan fingerprint density at radius 3 is 2.15 bits per heavy atom. The van der Waals surface area contributed by atoms with Gasteiger partial charge in [-0.25, -0.2) is 12.8 Å². The SMILES string of the molecule is CC(C)OC(=O)CN(c1c(Cl)cccc1Cl)S(=O)(=O)c1ccc(F)cc1. The average molecular weight is 420 g/mol. The summed E-state index contributed by atoms with van der Waals surface area (Å²) in [5.41, 5.74) is -0.0548. The van der Waals surface area contributed by atoms with Gasteiger partial charge < -0.3 is 4.74 Å². The van der Waals surface area contributed by atoms with Crippen molar-refractivity contribution >= 4 is 44.9 Å². The van der Waals surface area contributed by atoms with E-state index in [1.807, 2.05) is 0 Å². The molecule has 5 nitrogen and oxygen atoms in total. The number of halogens is 3. The highest BCUT2D eigenvalue weighted by atomic mass is 35.5. The topological polar surface area (TPSA) is 63.7 Å². The third-order valence-corrected chi connectivity index (χ3v) is 5.60. The van der Waals surface area contributed by atoms with Gasteiger partial charge in [-0.2, -0.15) is 0 Å². The van der Waals surface area contributed by atoms with Crippen molar-refractivity contribution < 1.29 is 22.3 Å². The second-order valence-corrected chi connectivity index (χ2v) is 8.25. The van der Waals surface area contributed by atoms with E-state index in [1.165, 1.54) is 12.1 Å². The second-order valence-electron chi connectivity index (χ2n) is 5.57. The Morgan fingerprint density at radius 2 is 1.65 bits per heavy atom. The molecule has 0 heterocycles. The van der Waals surface area contributed by atoms with Crippen molar-refractivity contribution in [2.45, 2.75) is 24.8 Å². The lowest BCUT2D eigenvalue weighted by molar-refractivity contribution is -0.145. The number of sulfonamides is 1. The van der Waals surface area contributed by atoms with Gasteiger partial charge in [0.05, 0.1) is 26.7 Å². The smallest absolute Gasteiger partial charge is 0.327 e. The van der Waals surface area contributed by atoms with Gasteiger partial charge in [0, 0.05) is 0 Å². The molecule has 0 amide bonds. The van der Waals surface area contributed by atoms with Crippen molar-refractivity contribution in [2.75, 3.05) is 10.8 Å². The number of nitrogens with zero attached hydrogens (tertiary/aromatic N) is 1. The Bertz CT molecular complexity index is 881. The Morgan fingerprint density at radius 1 is 1.12 bits per heavy atom. The number of benzene rings is 2.